The number of nitrogens with one attached hydrogen (secondary N) is 1. The van der Waals surface area contributed by atoms with Crippen molar-refractivity contribution in [1.29, 1.82) is 0 Å². The van der Waals surface area contributed by atoms with Crippen LogP contribution in [0.3, 0.4) is 0 Å². The number of anilines is 1. The Balaban J connectivity index is 2.34. The van der Waals surface area contributed by atoms with Crippen LogP contribution in [0, 0.1) is 10.5 Å². The predicted molar refractivity (Wildman–Crippen MR) is 88.8 cm³/mol. The highest BCUT2D eigenvalue weighted by Gasteiger charge is 2.14. The van der Waals surface area contributed by atoms with E-state index in [9.17, 15) is 4.79 Å². The van der Waals surface area contributed by atoms with Crippen LogP contribution in [0.4, 0.5) is 5.69 Å². The molecule has 0 saturated heterocycles. The number of aromatic nitrogens is 1. The minimum atomic E-state index is -0.219. The van der Waals surface area contributed by atoms with E-state index in [0.717, 1.165) is 13.6 Å². The summed E-state index contributed by atoms with van der Waals surface area (Å²) in [6.07, 6.45) is 1.61. The second-order valence-corrected chi connectivity index (χ2v) is 6.33. The topological polar surface area (TPSA) is 42.0 Å². The van der Waals surface area contributed by atoms with Crippen molar-refractivity contribution in [3.63, 3.8) is 0 Å². The summed E-state index contributed by atoms with van der Waals surface area (Å²) in [5.41, 5.74) is 1.97. The second-order valence-electron chi connectivity index (χ2n) is 3.87. The van der Waals surface area contributed by atoms with Gasteiger partial charge in [0.1, 0.15) is 0 Å². The minimum Gasteiger partial charge on any atom is -0.319 e. The van der Waals surface area contributed by atoms with Gasteiger partial charge in [0, 0.05) is 14.2 Å². The smallest absolute Gasteiger partial charge is 0.256 e. The number of hydrogen-bond donors (Lipinski definition) is 1. The number of hydrogen-bond acceptors (Lipinski definition) is 2. The molecule has 6 heteroatoms. The number of pyridine rings is 1. The van der Waals surface area contributed by atoms with E-state index in [-0.39, 0.29) is 11.1 Å². The fourth-order valence-corrected chi connectivity index (χ4v) is 2.70. The number of rotatable bonds is 2. The Morgan fingerprint density at radius 3 is 2.84 bits per heavy atom. The first kappa shape index (κ1) is 14.7. The fourth-order valence-electron chi connectivity index (χ4n) is 1.53. The molecule has 1 heterocycles. The van der Waals surface area contributed by atoms with Crippen LogP contribution in [0.2, 0.25) is 5.15 Å². The Bertz CT molecular complexity index is 628. The molecule has 0 aliphatic rings. The number of benzene rings is 1. The number of carbonyl (C=O) groups excluding carboxylic acids is 1. The Hall–Kier alpha value is -0.660. The van der Waals surface area contributed by atoms with E-state index in [1.54, 1.807) is 18.3 Å². The van der Waals surface area contributed by atoms with Crippen LogP contribution in [0.25, 0.3) is 0 Å². The van der Waals surface area contributed by atoms with Gasteiger partial charge in [-0.3, -0.25) is 4.79 Å². The van der Waals surface area contributed by atoms with Crippen LogP contribution >= 0.6 is 50.1 Å². The normalized spacial score (nSPS) is 10.3. The van der Waals surface area contributed by atoms with Gasteiger partial charge in [-0.15, -0.1) is 0 Å². The highest BCUT2D eigenvalue weighted by atomic mass is 127. The number of amides is 1. The van der Waals surface area contributed by atoms with E-state index >= 15 is 0 Å². The van der Waals surface area contributed by atoms with Gasteiger partial charge in [-0.2, -0.15) is 0 Å². The zero-order valence-corrected chi connectivity index (χ0v) is 14.4. The molecular weight excluding hydrogens is 442 g/mol. The van der Waals surface area contributed by atoms with E-state index in [1.165, 1.54) is 0 Å². The lowest BCUT2D eigenvalue weighted by Gasteiger charge is -2.10. The molecule has 0 spiro atoms. The molecule has 0 bridgehead atoms. The molecule has 0 fully saturated rings. The van der Waals surface area contributed by atoms with Crippen LogP contribution in [0.15, 0.2) is 34.9 Å². The third kappa shape index (κ3) is 3.46. The number of nitrogens with zero attached hydrogens (tertiary/aromatic N) is 1. The third-order valence-corrected chi connectivity index (χ3v) is 4.17. The maximum atomic E-state index is 12.3. The van der Waals surface area contributed by atoms with E-state index in [1.807, 2.05) is 19.1 Å². The highest BCUT2D eigenvalue weighted by Crippen LogP contribution is 2.25. The van der Waals surface area contributed by atoms with Crippen molar-refractivity contribution in [1.82, 2.24) is 4.98 Å². The molecule has 0 atom stereocenters. The Morgan fingerprint density at radius 1 is 1.42 bits per heavy atom. The summed E-state index contributed by atoms with van der Waals surface area (Å²) >= 11 is 11.5. The lowest BCUT2D eigenvalue weighted by Crippen LogP contribution is -2.14. The Labute approximate surface area is 138 Å². The number of aryl methyl sites for hydroxylation is 1. The summed E-state index contributed by atoms with van der Waals surface area (Å²) in [5.74, 6) is -0.219. The molecule has 19 heavy (non-hydrogen) atoms. The van der Waals surface area contributed by atoms with Gasteiger partial charge >= 0.3 is 0 Å². The molecule has 1 aromatic carbocycles. The zero-order chi connectivity index (χ0) is 14.0. The molecule has 1 aromatic heterocycles. The molecule has 3 nitrogen and oxygen atoms in total. The van der Waals surface area contributed by atoms with Gasteiger partial charge in [0.05, 0.1) is 11.3 Å². The summed E-state index contributed by atoms with van der Waals surface area (Å²) in [4.78, 5) is 16.2. The summed E-state index contributed by atoms with van der Waals surface area (Å²) in [6.45, 7) is 1.87. The minimum absolute atomic E-state index is 0.219. The molecule has 98 valence electrons. The van der Waals surface area contributed by atoms with E-state index in [2.05, 4.69) is 48.8 Å². The molecule has 1 N–H and O–H groups in total. The van der Waals surface area contributed by atoms with Crippen LogP contribution in [0.5, 0.6) is 0 Å². The van der Waals surface area contributed by atoms with E-state index in [4.69, 9.17) is 11.6 Å². The molecule has 0 aliphatic carbocycles. The average molecular weight is 451 g/mol. The highest BCUT2D eigenvalue weighted by molar-refractivity contribution is 14.1. The molecule has 1 amide bonds. The van der Waals surface area contributed by atoms with Crippen LogP contribution in [-0.2, 0) is 0 Å². The molecule has 0 saturated carbocycles. The fraction of sp³-hybridized carbons (Fsp3) is 0.0769. The van der Waals surface area contributed by atoms with Gasteiger partial charge < -0.3 is 5.32 Å². The molecule has 0 radical (unpaired) electrons. The zero-order valence-electron chi connectivity index (χ0n) is 9.88. The van der Waals surface area contributed by atoms with Crippen LogP contribution in [0.1, 0.15) is 15.9 Å². The Morgan fingerprint density at radius 2 is 2.16 bits per heavy atom. The van der Waals surface area contributed by atoms with Crippen molar-refractivity contribution in [3.8, 4) is 0 Å². The third-order valence-electron chi connectivity index (χ3n) is 2.52. The van der Waals surface area contributed by atoms with Gasteiger partial charge in [0.25, 0.3) is 5.91 Å². The molecular formula is C13H9BrClIN2O. The molecule has 2 aromatic rings. The number of halogens is 3. The van der Waals surface area contributed by atoms with Gasteiger partial charge in [0.2, 0.25) is 0 Å². The van der Waals surface area contributed by atoms with Crippen molar-refractivity contribution in [3.05, 3.63) is 54.8 Å². The first-order chi connectivity index (χ1) is 8.99. The van der Waals surface area contributed by atoms with Crippen LogP contribution < -0.4 is 5.32 Å². The standard InChI is InChI=1S/C13H9BrClIN2O/c1-7-4-5-17-12(15)11(7)18-13(19)9-6-8(16)2-3-10(9)14/h2-6H,1H3,(H,18,19). The van der Waals surface area contributed by atoms with E-state index in [0.29, 0.717) is 11.3 Å². The largest absolute Gasteiger partial charge is 0.319 e. The average Bonchev–Trinajstić information content (AvgIpc) is 2.37. The number of carbonyl (C=O) groups is 1. The summed E-state index contributed by atoms with van der Waals surface area (Å²) in [7, 11) is 0. The molecule has 0 aliphatic heterocycles. The quantitative estimate of drug-likeness (QED) is 0.533. The summed E-state index contributed by atoms with van der Waals surface area (Å²) in [6, 6.07) is 7.36. The summed E-state index contributed by atoms with van der Waals surface area (Å²) < 4.78 is 1.73. The van der Waals surface area contributed by atoms with Gasteiger partial charge in [-0.1, -0.05) is 11.6 Å². The predicted octanol–water partition coefficient (Wildman–Crippen LogP) is 4.66. The lowest BCUT2D eigenvalue weighted by atomic mass is 10.2. The van der Waals surface area contributed by atoms with Crippen molar-refractivity contribution < 1.29 is 4.79 Å². The maximum absolute atomic E-state index is 12.3. The van der Waals surface area contributed by atoms with Crippen LogP contribution in [-0.4, -0.2) is 10.9 Å². The monoisotopic (exact) mass is 450 g/mol. The second kappa shape index (κ2) is 6.19. The van der Waals surface area contributed by atoms with E-state index < -0.39 is 0 Å². The summed E-state index contributed by atoms with van der Waals surface area (Å²) in [5, 5.41) is 3.08. The maximum Gasteiger partial charge on any atom is 0.256 e. The van der Waals surface area contributed by atoms with Gasteiger partial charge in [0.15, 0.2) is 5.15 Å². The molecule has 2 rings (SSSR count). The van der Waals surface area contributed by atoms with Gasteiger partial charge in [-0.05, 0) is 75.3 Å². The molecule has 0 unspecified atom stereocenters. The first-order valence-corrected chi connectivity index (χ1v) is 7.61. The van der Waals surface area contributed by atoms with Crippen molar-refractivity contribution in [2.24, 2.45) is 0 Å². The Kier molecular flexibility index (Phi) is 4.81. The van der Waals surface area contributed by atoms with Gasteiger partial charge in [-0.25, -0.2) is 4.98 Å². The lowest BCUT2D eigenvalue weighted by molar-refractivity contribution is 0.102. The van der Waals surface area contributed by atoms with Crippen molar-refractivity contribution in [2.45, 2.75) is 6.92 Å². The first-order valence-electron chi connectivity index (χ1n) is 5.36. The SMILES string of the molecule is Cc1ccnc(Cl)c1NC(=O)c1cc(I)ccc1Br. The van der Waals surface area contributed by atoms with Crippen molar-refractivity contribution in [2.75, 3.05) is 5.32 Å². The van der Waals surface area contributed by atoms with Crippen molar-refractivity contribution >= 4 is 61.7 Å².